The molecule has 118 valence electrons. The average molecular weight is 332 g/mol. The second kappa shape index (κ2) is 5.77. The number of aryl methyl sites for hydroxylation is 1. The maximum atomic E-state index is 9.59. The van der Waals surface area contributed by atoms with E-state index in [9.17, 15) is 5.26 Å². The van der Waals surface area contributed by atoms with E-state index in [4.69, 9.17) is 4.74 Å². The smallest absolute Gasteiger partial charge is 0.135 e. The highest BCUT2D eigenvalue weighted by atomic mass is 32.1. The number of allylic oxidation sites excluding steroid dienone is 1. The zero-order valence-corrected chi connectivity index (χ0v) is 14.4. The van der Waals surface area contributed by atoms with Crippen LogP contribution in [0.4, 0.5) is 0 Å². The highest BCUT2D eigenvalue weighted by Crippen LogP contribution is 2.35. The van der Waals surface area contributed by atoms with Gasteiger partial charge in [-0.05, 0) is 60.9 Å². The van der Waals surface area contributed by atoms with Crippen molar-refractivity contribution < 1.29 is 4.74 Å². The molecule has 4 rings (SSSR count). The van der Waals surface area contributed by atoms with Crippen molar-refractivity contribution in [1.82, 2.24) is 4.98 Å². The quantitative estimate of drug-likeness (QED) is 0.621. The van der Waals surface area contributed by atoms with Gasteiger partial charge in [-0.15, -0.1) is 11.3 Å². The van der Waals surface area contributed by atoms with E-state index in [2.05, 4.69) is 37.0 Å². The van der Waals surface area contributed by atoms with E-state index in [0.29, 0.717) is 5.57 Å². The van der Waals surface area contributed by atoms with Crippen molar-refractivity contribution in [3.63, 3.8) is 0 Å². The number of fused-ring (bicyclic) bond motifs is 2. The molecule has 0 amide bonds. The van der Waals surface area contributed by atoms with Gasteiger partial charge in [0.1, 0.15) is 22.9 Å². The second-order valence-electron chi connectivity index (χ2n) is 6.12. The fourth-order valence-corrected chi connectivity index (χ4v) is 4.06. The zero-order chi connectivity index (χ0) is 16.7. The van der Waals surface area contributed by atoms with Crippen LogP contribution in [-0.4, -0.2) is 11.1 Å². The van der Waals surface area contributed by atoms with Gasteiger partial charge >= 0.3 is 0 Å². The maximum Gasteiger partial charge on any atom is 0.135 e. The molecule has 0 radical (unpaired) electrons. The Hall–Kier alpha value is -2.64. The normalized spacial score (nSPS) is 16.7. The molecular formula is C20H16N2OS. The van der Waals surface area contributed by atoms with Gasteiger partial charge in [0.05, 0.1) is 15.8 Å². The van der Waals surface area contributed by atoms with Crippen LogP contribution in [0.1, 0.15) is 28.6 Å². The van der Waals surface area contributed by atoms with Gasteiger partial charge in [-0.1, -0.05) is 12.1 Å². The molecule has 3 nitrogen and oxygen atoms in total. The van der Waals surface area contributed by atoms with Gasteiger partial charge in [0.2, 0.25) is 0 Å². The number of nitriles is 1. The first-order chi connectivity index (χ1) is 11.6. The van der Waals surface area contributed by atoms with E-state index in [-0.39, 0.29) is 6.10 Å². The fraction of sp³-hybridized carbons (Fsp3) is 0.200. The number of thiazole rings is 1. The number of benzene rings is 2. The van der Waals surface area contributed by atoms with Crippen LogP contribution in [0.2, 0.25) is 0 Å². The van der Waals surface area contributed by atoms with Crippen LogP contribution >= 0.6 is 11.3 Å². The predicted molar refractivity (Wildman–Crippen MR) is 98.1 cm³/mol. The Morgan fingerprint density at radius 2 is 2.21 bits per heavy atom. The lowest BCUT2D eigenvalue weighted by atomic mass is 10.0. The lowest BCUT2D eigenvalue weighted by Gasteiger charge is -2.07. The van der Waals surface area contributed by atoms with Crippen molar-refractivity contribution >= 4 is 33.2 Å². The van der Waals surface area contributed by atoms with Crippen LogP contribution in [0.15, 0.2) is 36.4 Å². The molecule has 24 heavy (non-hydrogen) atoms. The molecule has 0 saturated heterocycles. The highest BCUT2D eigenvalue weighted by molar-refractivity contribution is 7.19. The van der Waals surface area contributed by atoms with Crippen molar-refractivity contribution in [3.05, 3.63) is 58.1 Å². The summed E-state index contributed by atoms with van der Waals surface area (Å²) in [6.07, 6.45) is 3.06. The van der Waals surface area contributed by atoms with Gasteiger partial charge in [-0.2, -0.15) is 5.26 Å². The Bertz CT molecular complexity index is 977. The molecule has 4 heteroatoms. The topological polar surface area (TPSA) is 45.9 Å². The number of aromatic nitrogens is 1. The van der Waals surface area contributed by atoms with E-state index < -0.39 is 0 Å². The third kappa shape index (κ3) is 2.57. The summed E-state index contributed by atoms with van der Waals surface area (Å²) in [5.74, 6) is 0.998. The van der Waals surface area contributed by atoms with Crippen LogP contribution in [0, 0.1) is 18.3 Å². The van der Waals surface area contributed by atoms with E-state index in [1.54, 1.807) is 11.3 Å². The molecule has 2 heterocycles. The molecule has 0 unspecified atom stereocenters. The van der Waals surface area contributed by atoms with Gasteiger partial charge in [-0.25, -0.2) is 4.98 Å². The highest BCUT2D eigenvalue weighted by Gasteiger charge is 2.21. The molecule has 0 aliphatic carbocycles. The van der Waals surface area contributed by atoms with Gasteiger partial charge in [-0.3, -0.25) is 0 Å². The Labute approximate surface area is 144 Å². The van der Waals surface area contributed by atoms with Gasteiger partial charge < -0.3 is 4.74 Å². The predicted octanol–water partition coefficient (Wildman–Crippen LogP) is 4.99. The molecule has 3 aromatic rings. The van der Waals surface area contributed by atoms with Crippen molar-refractivity contribution in [2.45, 2.75) is 26.4 Å². The summed E-state index contributed by atoms with van der Waals surface area (Å²) in [7, 11) is 0. The van der Waals surface area contributed by atoms with E-state index in [1.165, 1.54) is 5.56 Å². The van der Waals surface area contributed by atoms with Crippen molar-refractivity contribution in [2.24, 2.45) is 0 Å². The standard InChI is InChI=1S/C20H16N2OS/c1-12-7-14(9-15-8-13(2)23-19(12)15)10-16(11-21)20-22-17-5-3-4-6-18(17)24-20/h3-7,9-10,13H,8H2,1-2H3/b16-10+/t13-/m0/s1. The third-order valence-corrected chi connectivity index (χ3v) is 5.23. The Morgan fingerprint density at radius 1 is 1.38 bits per heavy atom. The fourth-order valence-electron chi connectivity index (χ4n) is 3.13. The number of hydrogen-bond donors (Lipinski definition) is 0. The van der Waals surface area contributed by atoms with Crippen LogP contribution in [0.3, 0.4) is 0 Å². The van der Waals surface area contributed by atoms with Gasteiger partial charge in [0.15, 0.2) is 0 Å². The number of rotatable bonds is 2. The largest absolute Gasteiger partial charge is 0.490 e. The molecule has 1 atom stereocenters. The first kappa shape index (κ1) is 14.9. The van der Waals surface area contributed by atoms with Crippen LogP contribution < -0.4 is 4.74 Å². The zero-order valence-electron chi connectivity index (χ0n) is 13.5. The summed E-state index contributed by atoms with van der Waals surface area (Å²) in [5, 5.41) is 10.4. The SMILES string of the molecule is Cc1cc(/C=C(\C#N)c2nc3ccccc3s2)cc2c1O[C@@H](C)C2. The van der Waals surface area contributed by atoms with Gasteiger partial charge in [0.25, 0.3) is 0 Å². The minimum Gasteiger partial charge on any atom is -0.490 e. The first-order valence-electron chi connectivity index (χ1n) is 7.92. The molecule has 0 bridgehead atoms. The number of ether oxygens (including phenoxy) is 1. The van der Waals surface area contributed by atoms with E-state index >= 15 is 0 Å². The van der Waals surface area contributed by atoms with Crippen LogP contribution in [0.25, 0.3) is 21.9 Å². The lowest BCUT2D eigenvalue weighted by molar-refractivity contribution is 0.253. The Morgan fingerprint density at radius 3 is 3.00 bits per heavy atom. The molecule has 0 spiro atoms. The van der Waals surface area contributed by atoms with Crippen molar-refractivity contribution in [2.75, 3.05) is 0 Å². The molecule has 1 aliphatic heterocycles. The molecule has 1 aliphatic rings. The first-order valence-corrected chi connectivity index (χ1v) is 8.73. The summed E-state index contributed by atoms with van der Waals surface area (Å²) < 4.78 is 6.95. The molecule has 1 aromatic heterocycles. The summed E-state index contributed by atoms with van der Waals surface area (Å²) in [6.45, 7) is 4.13. The summed E-state index contributed by atoms with van der Waals surface area (Å²) in [4.78, 5) is 4.59. The summed E-state index contributed by atoms with van der Waals surface area (Å²) in [6, 6.07) is 14.5. The summed E-state index contributed by atoms with van der Waals surface area (Å²) in [5.41, 5.74) is 4.90. The van der Waals surface area contributed by atoms with E-state index in [0.717, 1.165) is 38.5 Å². The third-order valence-electron chi connectivity index (χ3n) is 4.16. The van der Waals surface area contributed by atoms with Crippen molar-refractivity contribution in [1.29, 1.82) is 5.26 Å². The Kier molecular flexibility index (Phi) is 3.59. The van der Waals surface area contributed by atoms with Crippen molar-refractivity contribution in [3.8, 4) is 11.8 Å². The number of hydrogen-bond acceptors (Lipinski definition) is 4. The Balaban J connectivity index is 1.77. The minimum atomic E-state index is 0.220. The van der Waals surface area contributed by atoms with Crippen LogP contribution in [0.5, 0.6) is 5.75 Å². The van der Waals surface area contributed by atoms with Crippen LogP contribution in [-0.2, 0) is 6.42 Å². The maximum absolute atomic E-state index is 9.59. The molecule has 2 aromatic carbocycles. The molecular weight excluding hydrogens is 316 g/mol. The minimum absolute atomic E-state index is 0.220. The molecule has 0 saturated carbocycles. The average Bonchev–Trinajstić information content (AvgIpc) is 3.15. The second-order valence-corrected chi connectivity index (χ2v) is 7.15. The number of nitrogens with zero attached hydrogens (tertiary/aromatic N) is 2. The number of para-hydroxylation sites is 1. The summed E-state index contributed by atoms with van der Waals surface area (Å²) >= 11 is 1.55. The molecule has 0 N–H and O–H groups in total. The molecule has 0 fully saturated rings. The van der Waals surface area contributed by atoms with E-state index in [1.807, 2.05) is 30.3 Å². The monoisotopic (exact) mass is 332 g/mol. The van der Waals surface area contributed by atoms with Gasteiger partial charge in [0, 0.05) is 6.42 Å². The lowest BCUT2D eigenvalue weighted by Crippen LogP contribution is -2.05.